The molecule has 2 aromatic heterocycles. The van der Waals surface area contributed by atoms with Crippen LogP contribution in [0.15, 0.2) is 6.33 Å². The summed E-state index contributed by atoms with van der Waals surface area (Å²) in [5.74, 6) is 2.45. The summed E-state index contributed by atoms with van der Waals surface area (Å²) in [4.78, 5) is 13.8. The van der Waals surface area contributed by atoms with Gasteiger partial charge in [0.05, 0.1) is 11.1 Å². The first-order chi connectivity index (χ1) is 11.0. The van der Waals surface area contributed by atoms with Gasteiger partial charge in [-0.05, 0) is 31.7 Å². The fourth-order valence-electron chi connectivity index (χ4n) is 3.77. The second-order valence-corrected chi connectivity index (χ2v) is 7.29. The van der Waals surface area contributed by atoms with E-state index in [0.717, 1.165) is 35.0 Å². The fraction of sp³-hybridized carbons (Fsp3) is 0.706. The molecule has 1 aliphatic heterocycles. The largest absolute Gasteiger partial charge is 0.359 e. The van der Waals surface area contributed by atoms with Crippen LogP contribution in [-0.4, -0.2) is 57.9 Å². The van der Waals surface area contributed by atoms with Crippen LogP contribution in [0, 0.1) is 18.8 Å². The number of hydrogen-bond acceptors (Lipinski definition) is 5. The molecule has 0 bridgehead atoms. The molecular formula is C17H28N6. The summed E-state index contributed by atoms with van der Waals surface area (Å²) in [6, 6.07) is 0. The second-order valence-electron chi connectivity index (χ2n) is 7.29. The summed E-state index contributed by atoms with van der Waals surface area (Å²) in [6.07, 6.45) is 2.92. The predicted molar refractivity (Wildman–Crippen MR) is 93.7 cm³/mol. The highest BCUT2D eigenvalue weighted by molar-refractivity contribution is 5.89. The van der Waals surface area contributed by atoms with Gasteiger partial charge in [0.25, 0.3) is 0 Å². The van der Waals surface area contributed by atoms with Crippen molar-refractivity contribution in [3.05, 3.63) is 12.0 Å². The number of aromatic nitrogens is 4. The molecule has 126 valence electrons. The Morgan fingerprint density at radius 1 is 1.35 bits per heavy atom. The highest BCUT2D eigenvalue weighted by Gasteiger charge is 2.25. The molecule has 0 spiro atoms. The van der Waals surface area contributed by atoms with Crippen molar-refractivity contribution >= 4 is 16.9 Å². The Bertz CT molecular complexity index is 677. The van der Waals surface area contributed by atoms with Crippen LogP contribution in [0.5, 0.6) is 0 Å². The summed E-state index contributed by atoms with van der Waals surface area (Å²) in [6.45, 7) is 11.3. The van der Waals surface area contributed by atoms with Gasteiger partial charge in [0.15, 0.2) is 5.65 Å². The average molecular weight is 316 g/mol. The Balaban J connectivity index is 1.73. The zero-order valence-corrected chi connectivity index (χ0v) is 15.0. The van der Waals surface area contributed by atoms with Crippen LogP contribution in [0.1, 0.15) is 26.0 Å². The van der Waals surface area contributed by atoms with Gasteiger partial charge in [-0.15, -0.1) is 0 Å². The van der Waals surface area contributed by atoms with Crippen molar-refractivity contribution in [3.8, 4) is 0 Å². The lowest BCUT2D eigenvalue weighted by Gasteiger charge is -2.23. The Morgan fingerprint density at radius 3 is 2.87 bits per heavy atom. The minimum absolute atomic E-state index is 0.709. The Morgan fingerprint density at radius 2 is 2.13 bits per heavy atom. The van der Waals surface area contributed by atoms with Crippen LogP contribution in [0.25, 0.3) is 11.0 Å². The summed E-state index contributed by atoms with van der Waals surface area (Å²) >= 11 is 0. The lowest BCUT2D eigenvalue weighted by molar-refractivity contribution is 0.288. The quantitative estimate of drug-likeness (QED) is 0.845. The van der Waals surface area contributed by atoms with Gasteiger partial charge in [0.2, 0.25) is 0 Å². The predicted octanol–water partition coefficient (Wildman–Crippen LogP) is 2.09. The molecule has 3 heterocycles. The molecule has 1 saturated heterocycles. The van der Waals surface area contributed by atoms with Gasteiger partial charge in [0, 0.05) is 33.7 Å². The minimum atomic E-state index is 0.709. The number of nitrogens with zero attached hydrogens (tertiary/aromatic N) is 6. The molecule has 3 rings (SSSR count). The maximum Gasteiger partial charge on any atom is 0.163 e. The third-order valence-corrected chi connectivity index (χ3v) is 4.66. The first-order valence-corrected chi connectivity index (χ1v) is 8.53. The van der Waals surface area contributed by atoms with E-state index in [0.29, 0.717) is 5.92 Å². The van der Waals surface area contributed by atoms with E-state index in [9.17, 15) is 0 Å². The van der Waals surface area contributed by atoms with Gasteiger partial charge < -0.3 is 9.80 Å². The smallest absolute Gasteiger partial charge is 0.163 e. The van der Waals surface area contributed by atoms with Gasteiger partial charge in [-0.3, -0.25) is 4.68 Å². The number of aryl methyl sites for hydroxylation is 2. The molecular weight excluding hydrogens is 288 g/mol. The number of hydrogen-bond donors (Lipinski definition) is 0. The fourth-order valence-corrected chi connectivity index (χ4v) is 3.77. The number of anilines is 1. The van der Waals surface area contributed by atoms with Crippen LogP contribution >= 0.6 is 0 Å². The van der Waals surface area contributed by atoms with Crippen LogP contribution in [0.3, 0.4) is 0 Å². The molecule has 0 radical (unpaired) electrons. The SMILES string of the molecule is Cc1nn(C)c2ncnc(N(C)CC3CCN(CC(C)C)C3)c12. The monoisotopic (exact) mass is 316 g/mol. The number of rotatable bonds is 5. The van der Waals surface area contributed by atoms with Crippen molar-refractivity contribution in [2.24, 2.45) is 18.9 Å². The van der Waals surface area contributed by atoms with Gasteiger partial charge in [-0.2, -0.15) is 5.10 Å². The minimum Gasteiger partial charge on any atom is -0.359 e. The molecule has 23 heavy (non-hydrogen) atoms. The highest BCUT2D eigenvalue weighted by atomic mass is 15.3. The van der Waals surface area contributed by atoms with Gasteiger partial charge in [0.1, 0.15) is 12.1 Å². The standard InChI is InChI=1S/C17H28N6/c1-12(2)8-23-7-6-14(10-23)9-21(4)16-15-13(3)20-22(5)17(15)19-11-18-16/h11-12,14H,6-10H2,1-5H3. The molecule has 0 aliphatic carbocycles. The van der Waals surface area contributed by atoms with Gasteiger partial charge in [-0.25, -0.2) is 9.97 Å². The molecule has 1 atom stereocenters. The summed E-state index contributed by atoms with van der Waals surface area (Å²) in [5, 5.41) is 5.57. The zero-order chi connectivity index (χ0) is 16.6. The van der Waals surface area contributed by atoms with Crippen LogP contribution in [-0.2, 0) is 7.05 Å². The first-order valence-electron chi connectivity index (χ1n) is 8.53. The molecule has 2 aromatic rings. The third kappa shape index (κ3) is 3.32. The molecule has 1 unspecified atom stereocenters. The topological polar surface area (TPSA) is 50.1 Å². The third-order valence-electron chi connectivity index (χ3n) is 4.66. The average Bonchev–Trinajstić information content (AvgIpc) is 3.03. The second kappa shape index (κ2) is 6.43. The Hall–Kier alpha value is -1.69. The lowest BCUT2D eigenvalue weighted by Crippen LogP contribution is -2.30. The summed E-state index contributed by atoms with van der Waals surface area (Å²) in [5.41, 5.74) is 1.91. The molecule has 1 aliphatic rings. The van der Waals surface area contributed by atoms with Crippen molar-refractivity contribution < 1.29 is 0 Å². The van der Waals surface area contributed by atoms with Crippen LogP contribution in [0.2, 0.25) is 0 Å². The van der Waals surface area contributed by atoms with Crippen molar-refractivity contribution in [1.29, 1.82) is 0 Å². The lowest BCUT2D eigenvalue weighted by atomic mass is 10.1. The molecule has 0 aromatic carbocycles. The number of fused-ring (bicyclic) bond motifs is 1. The maximum atomic E-state index is 4.54. The molecule has 6 nitrogen and oxygen atoms in total. The molecule has 0 saturated carbocycles. The maximum absolute atomic E-state index is 4.54. The van der Waals surface area contributed by atoms with Crippen LogP contribution in [0.4, 0.5) is 5.82 Å². The van der Waals surface area contributed by atoms with Crippen molar-refractivity contribution in [1.82, 2.24) is 24.6 Å². The van der Waals surface area contributed by atoms with Crippen molar-refractivity contribution in [2.45, 2.75) is 27.2 Å². The van der Waals surface area contributed by atoms with E-state index < -0.39 is 0 Å². The highest BCUT2D eigenvalue weighted by Crippen LogP contribution is 2.27. The molecule has 6 heteroatoms. The Labute approximate surface area is 138 Å². The normalized spacial score (nSPS) is 19.1. The van der Waals surface area contributed by atoms with Gasteiger partial charge in [-0.1, -0.05) is 13.8 Å². The van der Waals surface area contributed by atoms with E-state index in [2.05, 4.69) is 45.8 Å². The summed E-state index contributed by atoms with van der Waals surface area (Å²) < 4.78 is 1.84. The summed E-state index contributed by atoms with van der Waals surface area (Å²) in [7, 11) is 4.08. The van der Waals surface area contributed by atoms with Crippen molar-refractivity contribution in [3.63, 3.8) is 0 Å². The van der Waals surface area contributed by atoms with E-state index in [1.165, 1.54) is 26.1 Å². The van der Waals surface area contributed by atoms with E-state index in [1.54, 1.807) is 6.33 Å². The molecule has 1 fully saturated rings. The van der Waals surface area contributed by atoms with Crippen molar-refractivity contribution in [2.75, 3.05) is 38.1 Å². The van der Waals surface area contributed by atoms with E-state index in [-0.39, 0.29) is 0 Å². The van der Waals surface area contributed by atoms with Gasteiger partial charge >= 0.3 is 0 Å². The zero-order valence-electron chi connectivity index (χ0n) is 15.0. The van der Waals surface area contributed by atoms with E-state index >= 15 is 0 Å². The van der Waals surface area contributed by atoms with Crippen LogP contribution < -0.4 is 4.90 Å². The van der Waals surface area contributed by atoms with E-state index in [1.807, 2.05) is 18.7 Å². The first kappa shape index (κ1) is 16.2. The van der Waals surface area contributed by atoms with E-state index in [4.69, 9.17) is 0 Å². The molecule has 0 N–H and O–H groups in total. The number of likely N-dealkylation sites (tertiary alicyclic amines) is 1. The molecule has 0 amide bonds. The Kier molecular flexibility index (Phi) is 4.53.